The fourth-order valence-electron chi connectivity index (χ4n) is 1.98. The number of benzene rings is 1. The molecule has 1 aromatic heterocycles. The van der Waals surface area contributed by atoms with Gasteiger partial charge in [0, 0.05) is 18.8 Å². The fraction of sp³-hybridized carbons (Fsp3) is 0.312. The smallest absolute Gasteiger partial charge is 0.321 e. The Labute approximate surface area is 143 Å². The molecule has 0 saturated heterocycles. The molecule has 6 nitrogen and oxygen atoms in total. The SMILES string of the molecule is CCOc1cc(NC(=O)N(C)Cc2ccc(Br)o2)ccc1OC. The van der Waals surface area contributed by atoms with Gasteiger partial charge in [-0.3, -0.25) is 0 Å². The quantitative estimate of drug-likeness (QED) is 0.816. The summed E-state index contributed by atoms with van der Waals surface area (Å²) in [4.78, 5) is 13.8. The Balaban J connectivity index is 2.02. The molecule has 0 aliphatic heterocycles. The highest BCUT2D eigenvalue weighted by atomic mass is 79.9. The van der Waals surface area contributed by atoms with Crippen molar-refractivity contribution in [3.63, 3.8) is 0 Å². The minimum atomic E-state index is -0.245. The first-order valence-corrected chi connectivity index (χ1v) is 7.90. The van der Waals surface area contributed by atoms with E-state index in [2.05, 4.69) is 21.2 Å². The summed E-state index contributed by atoms with van der Waals surface area (Å²) in [5.41, 5.74) is 0.631. The van der Waals surface area contributed by atoms with Crippen molar-refractivity contribution in [1.82, 2.24) is 4.90 Å². The van der Waals surface area contributed by atoms with E-state index >= 15 is 0 Å². The van der Waals surface area contributed by atoms with E-state index in [1.165, 1.54) is 4.90 Å². The van der Waals surface area contributed by atoms with Crippen LogP contribution in [0.25, 0.3) is 0 Å². The summed E-state index contributed by atoms with van der Waals surface area (Å²) < 4.78 is 16.8. The number of carbonyl (C=O) groups excluding carboxylic acids is 1. The van der Waals surface area contributed by atoms with Crippen molar-refractivity contribution in [3.05, 3.63) is 40.8 Å². The summed E-state index contributed by atoms with van der Waals surface area (Å²) in [6.07, 6.45) is 0. The summed E-state index contributed by atoms with van der Waals surface area (Å²) >= 11 is 3.24. The second-order valence-corrected chi connectivity index (χ2v) is 5.57. The van der Waals surface area contributed by atoms with Crippen LogP contribution in [0.1, 0.15) is 12.7 Å². The Morgan fingerprint density at radius 3 is 2.70 bits per heavy atom. The van der Waals surface area contributed by atoms with E-state index in [1.807, 2.05) is 13.0 Å². The number of rotatable bonds is 6. The van der Waals surface area contributed by atoms with E-state index in [0.717, 1.165) is 0 Å². The average Bonchev–Trinajstić information content (AvgIpc) is 2.93. The van der Waals surface area contributed by atoms with E-state index < -0.39 is 0 Å². The molecule has 1 N–H and O–H groups in total. The lowest BCUT2D eigenvalue weighted by molar-refractivity contribution is 0.216. The maximum absolute atomic E-state index is 12.2. The predicted molar refractivity (Wildman–Crippen MR) is 91.1 cm³/mol. The van der Waals surface area contributed by atoms with Crippen LogP contribution in [0.4, 0.5) is 10.5 Å². The standard InChI is InChI=1S/C16H19BrN2O4/c1-4-22-14-9-11(5-7-13(14)21-3)18-16(20)19(2)10-12-6-8-15(17)23-12/h5-9H,4,10H2,1-3H3,(H,18,20). The number of hydrogen-bond donors (Lipinski definition) is 1. The highest BCUT2D eigenvalue weighted by Gasteiger charge is 2.13. The van der Waals surface area contributed by atoms with Crippen LogP contribution in [0.15, 0.2) is 39.4 Å². The van der Waals surface area contributed by atoms with Gasteiger partial charge in [0.05, 0.1) is 20.3 Å². The molecule has 2 amide bonds. The summed E-state index contributed by atoms with van der Waals surface area (Å²) in [5, 5.41) is 2.82. The molecule has 0 saturated carbocycles. The number of methoxy groups -OCH3 is 1. The van der Waals surface area contributed by atoms with Crippen molar-refractivity contribution in [2.75, 3.05) is 26.1 Å². The molecular formula is C16H19BrN2O4. The van der Waals surface area contributed by atoms with Crippen LogP contribution in [0.5, 0.6) is 11.5 Å². The molecule has 124 valence electrons. The third-order valence-corrected chi connectivity index (χ3v) is 3.51. The van der Waals surface area contributed by atoms with Gasteiger partial charge in [0.25, 0.3) is 0 Å². The van der Waals surface area contributed by atoms with E-state index in [0.29, 0.717) is 40.8 Å². The first-order valence-electron chi connectivity index (χ1n) is 7.10. The normalized spacial score (nSPS) is 10.3. The molecule has 0 unspecified atom stereocenters. The van der Waals surface area contributed by atoms with Crippen molar-refractivity contribution in [2.24, 2.45) is 0 Å². The Kier molecular flexibility index (Phi) is 5.92. The number of nitrogens with one attached hydrogen (secondary N) is 1. The zero-order valence-corrected chi connectivity index (χ0v) is 14.8. The summed E-state index contributed by atoms with van der Waals surface area (Å²) in [6, 6.07) is 8.61. The largest absolute Gasteiger partial charge is 0.493 e. The monoisotopic (exact) mass is 382 g/mol. The second-order valence-electron chi connectivity index (χ2n) is 4.79. The Morgan fingerprint density at radius 2 is 2.09 bits per heavy atom. The first-order chi connectivity index (χ1) is 11.0. The lowest BCUT2D eigenvalue weighted by Crippen LogP contribution is -2.30. The third kappa shape index (κ3) is 4.66. The molecular weight excluding hydrogens is 364 g/mol. The fourth-order valence-corrected chi connectivity index (χ4v) is 2.32. The molecule has 0 aliphatic carbocycles. The van der Waals surface area contributed by atoms with Crippen LogP contribution in [0, 0.1) is 0 Å². The topological polar surface area (TPSA) is 63.9 Å². The van der Waals surface area contributed by atoms with Crippen molar-refractivity contribution in [2.45, 2.75) is 13.5 Å². The van der Waals surface area contributed by atoms with Crippen LogP contribution in [-0.2, 0) is 6.54 Å². The maximum atomic E-state index is 12.2. The Morgan fingerprint density at radius 1 is 1.30 bits per heavy atom. The van der Waals surface area contributed by atoms with Gasteiger partial charge >= 0.3 is 6.03 Å². The van der Waals surface area contributed by atoms with Gasteiger partial charge in [-0.25, -0.2) is 4.79 Å². The summed E-state index contributed by atoms with van der Waals surface area (Å²) in [7, 11) is 3.27. The molecule has 23 heavy (non-hydrogen) atoms. The van der Waals surface area contributed by atoms with Crippen LogP contribution < -0.4 is 14.8 Å². The molecule has 0 atom stereocenters. The number of ether oxygens (including phenoxy) is 2. The third-order valence-electron chi connectivity index (χ3n) is 3.08. The van der Waals surface area contributed by atoms with E-state index in [9.17, 15) is 4.79 Å². The van der Waals surface area contributed by atoms with Crippen molar-refractivity contribution >= 4 is 27.6 Å². The zero-order valence-electron chi connectivity index (χ0n) is 13.3. The summed E-state index contributed by atoms with van der Waals surface area (Å²) in [5.74, 6) is 1.91. The van der Waals surface area contributed by atoms with Gasteiger partial charge in [0.15, 0.2) is 16.2 Å². The average molecular weight is 383 g/mol. The molecule has 0 radical (unpaired) electrons. The highest BCUT2D eigenvalue weighted by Crippen LogP contribution is 2.30. The van der Waals surface area contributed by atoms with Gasteiger partial charge in [-0.1, -0.05) is 0 Å². The van der Waals surface area contributed by atoms with Gasteiger partial charge < -0.3 is 24.1 Å². The van der Waals surface area contributed by atoms with Crippen LogP contribution in [-0.4, -0.2) is 31.7 Å². The molecule has 0 aliphatic rings. The van der Waals surface area contributed by atoms with Gasteiger partial charge in [-0.15, -0.1) is 0 Å². The minimum Gasteiger partial charge on any atom is -0.493 e. The zero-order chi connectivity index (χ0) is 16.8. The van der Waals surface area contributed by atoms with Gasteiger partial charge in [0.2, 0.25) is 0 Å². The lowest BCUT2D eigenvalue weighted by Gasteiger charge is -2.17. The Bertz CT molecular complexity index is 672. The number of nitrogens with zero attached hydrogens (tertiary/aromatic N) is 1. The number of carbonyl (C=O) groups is 1. The van der Waals surface area contributed by atoms with Gasteiger partial charge in [0.1, 0.15) is 5.76 Å². The van der Waals surface area contributed by atoms with E-state index in [-0.39, 0.29) is 6.03 Å². The van der Waals surface area contributed by atoms with Crippen LogP contribution >= 0.6 is 15.9 Å². The number of anilines is 1. The molecule has 2 aromatic rings. The number of halogens is 1. The molecule has 0 spiro atoms. The maximum Gasteiger partial charge on any atom is 0.321 e. The highest BCUT2D eigenvalue weighted by molar-refractivity contribution is 9.10. The van der Waals surface area contributed by atoms with Crippen molar-refractivity contribution in [3.8, 4) is 11.5 Å². The number of amides is 2. The molecule has 0 fully saturated rings. The number of hydrogen-bond acceptors (Lipinski definition) is 4. The predicted octanol–water partition coefficient (Wildman–Crippen LogP) is 4.11. The lowest BCUT2D eigenvalue weighted by atomic mass is 10.2. The summed E-state index contributed by atoms with van der Waals surface area (Å²) in [6.45, 7) is 2.77. The van der Waals surface area contributed by atoms with Crippen LogP contribution in [0.3, 0.4) is 0 Å². The Hall–Kier alpha value is -2.15. The molecule has 1 aromatic carbocycles. The van der Waals surface area contributed by atoms with Gasteiger partial charge in [-0.2, -0.15) is 0 Å². The number of urea groups is 1. The van der Waals surface area contributed by atoms with E-state index in [4.69, 9.17) is 13.9 Å². The first kappa shape index (κ1) is 17.2. The molecule has 2 rings (SSSR count). The molecule has 0 bridgehead atoms. The van der Waals surface area contributed by atoms with Crippen molar-refractivity contribution in [1.29, 1.82) is 0 Å². The van der Waals surface area contributed by atoms with Crippen LogP contribution in [0.2, 0.25) is 0 Å². The molecule has 7 heteroatoms. The molecule has 1 heterocycles. The van der Waals surface area contributed by atoms with E-state index in [1.54, 1.807) is 38.4 Å². The van der Waals surface area contributed by atoms with Crippen molar-refractivity contribution < 1.29 is 18.7 Å². The number of furan rings is 1. The second kappa shape index (κ2) is 7.92. The minimum absolute atomic E-state index is 0.245. The van der Waals surface area contributed by atoms with Gasteiger partial charge in [-0.05, 0) is 47.1 Å².